The minimum Gasteiger partial charge on any atom is -0.347 e. The van der Waals surface area contributed by atoms with Crippen LogP contribution in [-0.2, 0) is 16.4 Å². The third kappa shape index (κ3) is 3.47. The van der Waals surface area contributed by atoms with Gasteiger partial charge in [0.15, 0.2) is 0 Å². The van der Waals surface area contributed by atoms with Crippen LogP contribution in [0.2, 0.25) is 0 Å². The fourth-order valence-corrected chi connectivity index (χ4v) is 4.07. The van der Waals surface area contributed by atoms with Gasteiger partial charge in [-0.25, -0.2) is 0 Å². The van der Waals surface area contributed by atoms with Crippen LogP contribution in [0.1, 0.15) is 54.5 Å². The lowest BCUT2D eigenvalue weighted by molar-refractivity contribution is -0.144. The third-order valence-electron chi connectivity index (χ3n) is 4.93. The van der Waals surface area contributed by atoms with Crippen molar-refractivity contribution in [2.45, 2.75) is 48.6 Å². The Balaban J connectivity index is 1.98. The molecular formula is C17H18F4N4O2S. The van der Waals surface area contributed by atoms with Crippen molar-refractivity contribution in [3.8, 4) is 5.69 Å². The summed E-state index contributed by atoms with van der Waals surface area (Å²) in [6.45, 7) is 0. The molecule has 0 aliphatic heterocycles. The fourth-order valence-electron chi connectivity index (χ4n) is 3.31. The van der Waals surface area contributed by atoms with Crippen molar-refractivity contribution in [1.29, 1.82) is 0 Å². The molecule has 0 unspecified atom stereocenters. The van der Waals surface area contributed by atoms with Gasteiger partial charge in [-0.15, -0.1) is 8.98 Å². The van der Waals surface area contributed by atoms with Crippen molar-refractivity contribution < 1.29 is 25.5 Å². The Kier molecular flexibility index (Phi) is 4.22. The van der Waals surface area contributed by atoms with Gasteiger partial charge in [-0.1, -0.05) is 6.07 Å². The number of alkyl halides is 3. The zero-order chi connectivity index (χ0) is 20.4. The second kappa shape index (κ2) is 6.16. The van der Waals surface area contributed by atoms with Gasteiger partial charge in [0.05, 0.1) is 5.69 Å². The maximum Gasteiger partial charge on any atom is 0.453 e. The van der Waals surface area contributed by atoms with Gasteiger partial charge in [-0.3, -0.25) is 0 Å². The topological polar surface area (TPSA) is 68.1 Å². The molecular weight excluding hydrogens is 400 g/mol. The summed E-state index contributed by atoms with van der Waals surface area (Å²) in [5.74, 6) is -1.41. The molecule has 0 radical (unpaired) electrons. The molecule has 2 aromatic rings. The first-order valence-corrected chi connectivity index (χ1v) is 10.2. The van der Waals surface area contributed by atoms with Crippen molar-refractivity contribution in [1.82, 2.24) is 14.8 Å². The van der Waals surface area contributed by atoms with Crippen molar-refractivity contribution >= 4 is 16.2 Å². The molecule has 1 aromatic heterocycles. The second-order valence-corrected chi connectivity index (χ2v) is 8.79. The number of hydrogen-bond acceptors (Lipinski definition) is 5. The van der Waals surface area contributed by atoms with Crippen molar-refractivity contribution in [3.05, 3.63) is 29.1 Å². The number of hydrogen-bond donors (Lipinski definition) is 0. The van der Waals surface area contributed by atoms with Crippen molar-refractivity contribution in [2.75, 3.05) is 19.0 Å². The summed E-state index contributed by atoms with van der Waals surface area (Å²) in [6.07, 6.45) is -1.58. The van der Waals surface area contributed by atoms with E-state index in [9.17, 15) is 25.5 Å². The van der Waals surface area contributed by atoms with Crippen LogP contribution in [-0.4, -0.2) is 37.3 Å². The standard InChI is InChI=1S/C17H18F4N4O2S/c1-24(2)16-22-15(17(18,19)20)23-25(16)13-8-14(28(21,26)27)12(10-5-6-10)7-11(13)9-3-4-9/h7-10H,3-6H2,1-2H3. The van der Waals surface area contributed by atoms with E-state index in [0.717, 1.165) is 36.4 Å². The van der Waals surface area contributed by atoms with Crippen LogP contribution in [0, 0.1) is 0 Å². The molecule has 2 aliphatic carbocycles. The molecule has 28 heavy (non-hydrogen) atoms. The van der Waals surface area contributed by atoms with E-state index in [-0.39, 0.29) is 23.5 Å². The Bertz CT molecular complexity index is 1040. The molecule has 1 aromatic carbocycles. The first-order chi connectivity index (χ1) is 13.0. The molecule has 0 atom stereocenters. The number of aromatic nitrogens is 3. The summed E-state index contributed by atoms with van der Waals surface area (Å²) in [6, 6.07) is 2.74. The summed E-state index contributed by atoms with van der Waals surface area (Å²) >= 11 is 0. The van der Waals surface area contributed by atoms with E-state index in [0.29, 0.717) is 11.1 Å². The Morgan fingerprint density at radius 2 is 1.64 bits per heavy atom. The summed E-state index contributed by atoms with van der Waals surface area (Å²) in [7, 11) is -2.04. The maximum absolute atomic E-state index is 14.0. The van der Waals surface area contributed by atoms with Crippen LogP contribution >= 0.6 is 0 Å². The molecule has 0 amide bonds. The highest BCUT2D eigenvalue weighted by Gasteiger charge is 2.40. The number of nitrogens with zero attached hydrogens (tertiary/aromatic N) is 4. The molecule has 1 heterocycles. The normalized spacial score (nSPS) is 17.8. The Hall–Kier alpha value is -2.17. The monoisotopic (exact) mass is 418 g/mol. The molecule has 2 aliphatic rings. The molecule has 0 spiro atoms. The lowest BCUT2D eigenvalue weighted by atomic mass is 10.0. The van der Waals surface area contributed by atoms with Crippen LogP contribution in [0.25, 0.3) is 5.69 Å². The molecule has 0 N–H and O–H groups in total. The Labute approximate surface area is 159 Å². The van der Waals surface area contributed by atoms with E-state index in [1.807, 2.05) is 0 Å². The smallest absolute Gasteiger partial charge is 0.347 e. The quantitative estimate of drug-likeness (QED) is 0.546. The zero-order valence-electron chi connectivity index (χ0n) is 15.2. The highest BCUT2D eigenvalue weighted by molar-refractivity contribution is 7.86. The Morgan fingerprint density at radius 3 is 2.11 bits per heavy atom. The van der Waals surface area contributed by atoms with Gasteiger partial charge in [0.25, 0.3) is 5.82 Å². The minimum atomic E-state index is -5.04. The van der Waals surface area contributed by atoms with Crippen molar-refractivity contribution in [3.63, 3.8) is 0 Å². The highest BCUT2D eigenvalue weighted by Crippen LogP contribution is 2.49. The highest BCUT2D eigenvalue weighted by atomic mass is 32.3. The van der Waals surface area contributed by atoms with E-state index < -0.39 is 27.1 Å². The van der Waals surface area contributed by atoms with Crippen LogP contribution in [0.15, 0.2) is 17.0 Å². The van der Waals surface area contributed by atoms with E-state index in [2.05, 4.69) is 10.1 Å². The first-order valence-electron chi connectivity index (χ1n) is 8.81. The van der Waals surface area contributed by atoms with Gasteiger partial charge in [-0.05, 0) is 54.7 Å². The molecule has 2 saturated carbocycles. The predicted octanol–water partition coefficient (Wildman–Crippen LogP) is 3.77. The maximum atomic E-state index is 14.0. The molecule has 152 valence electrons. The fraction of sp³-hybridized carbons (Fsp3) is 0.529. The van der Waals surface area contributed by atoms with Gasteiger partial charge < -0.3 is 4.90 Å². The molecule has 6 nitrogen and oxygen atoms in total. The van der Waals surface area contributed by atoms with Crippen LogP contribution in [0.5, 0.6) is 0 Å². The number of benzene rings is 1. The number of rotatable bonds is 5. The van der Waals surface area contributed by atoms with Gasteiger partial charge >= 0.3 is 16.4 Å². The summed E-state index contributed by atoms with van der Waals surface area (Å²) < 4.78 is 78.0. The van der Waals surface area contributed by atoms with Crippen molar-refractivity contribution in [2.24, 2.45) is 0 Å². The molecule has 11 heteroatoms. The average Bonchev–Trinajstić information content (AvgIpc) is 3.48. The van der Waals surface area contributed by atoms with E-state index in [1.54, 1.807) is 6.07 Å². The zero-order valence-corrected chi connectivity index (χ0v) is 16.0. The molecule has 2 fully saturated rings. The van der Waals surface area contributed by atoms with Crippen LogP contribution in [0.4, 0.5) is 23.0 Å². The predicted molar refractivity (Wildman–Crippen MR) is 92.9 cm³/mol. The van der Waals surface area contributed by atoms with E-state index in [4.69, 9.17) is 0 Å². The van der Waals surface area contributed by atoms with Gasteiger partial charge in [0.1, 0.15) is 4.90 Å². The third-order valence-corrected chi connectivity index (χ3v) is 5.81. The summed E-state index contributed by atoms with van der Waals surface area (Å²) in [4.78, 5) is 4.40. The SMILES string of the molecule is CN(C)c1nc(C(F)(F)F)nn1-c1cc(S(=O)(=O)F)c(C2CC2)cc1C1CC1. The number of anilines is 1. The summed E-state index contributed by atoms with van der Waals surface area (Å²) in [5.41, 5.74) is 1.20. The van der Waals surface area contributed by atoms with E-state index >= 15 is 0 Å². The first kappa shape index (κ1) is 19.2. The van der Waals surface area contributed by atoms with Gasteiger partial charge in [0, 0.05) is 14.1 Å². The summed E-state index contributed by atoms with van der Waals surface area (Å²) in [5, 5.41) is 3.58. The minimum absolute atomic E-state index is 0.0399. The second-order valence-electron chi connectivity index (χ2n) is 7.47. The van der Waals surface area contributed by atoms with Crippen LogP contribution < -0.4 is 4.90 Å². The Morgan fingerprint density at radius 1 is 1.07 bits per heavy atom. The van der Waals surface area contributed by atoms with Gasteiger partial charge in [0.2, 0.25) is 5.95 Å². The number of halogens is 4. The lowest BCUT2D eigenvalue weighted by Crippen LogP contribution is -2.16. The van der Waals surface area contributed by atoms with Crippen LogP contribution in [0.3, 0.4) is 0 Å². The lowest BCUT2D eigenvalue weighted by Gasteiger charge is -2.18. The average molecular weight is 418 g/mol. The molecule has 0 bridgehead atoms. The van der Waals surface area contributed by atoms with E-state index in [1.165, 1.54) is 19.0 Å². The van der Waals surface area contributed by atoms with Gasteiger partial charge in [-0.2, -0.15) is 31.3 Å². The molecule has 4 rings (SSSR count). The molecule has 0 saturated heterocycles. The largest absolute Gasteiger partial charge is 0.453 e.